The quantitative estimate of drug-likeness (QED) is 0.285. The molecule has 9 heteroatoms. The lowest BCUT2D eigenvalue weighted by atomic mass is 9.92. The highest BCUT2D eigenvalue weighted by atomic mass is 127. The van der Waals surface area contributed by atoms with Gasteiger partial charge in [0.15, 0.2) is 0 Å². The van der Waals surface area contributed by atoms with Crippen molar-refractivity contribution in [3.8, 4) is 5.88 Å². The summed E-state index contributed by atoms with van der Waals surface area (Å²) >= 11 is 5.84. The van der Waals surface area contributed by atoms with Crippen LogP contribution in [0.15, 0.2) is 6.33 Å². The number of carbonyl (C=O) groups excluding carboxylic acids is 1. The number of aromatic nitrogens is 2. The van der Waals surface area contributed by atoms with Crippen molar-refractivity contribution >= 4 is 73.2 Å². The van der Waals surface area contributed by atoms with Crippen molar-refractivity contribution in [1.82, 2.24) is 16.2 Å². The van der Waals surface area contributed by atoms with E-state index in [2.05, 4.69) is 28.8 Å². The Morgan fingerprint density at radius 3 is 2.70 bits per heavy atom. The Labute approximate surface area is 210 Å². The van der Waals surface area contributed by atoms with Crippen LogP contribution in [-0.2, 0) is 11.2 Å². The Kier molecular flexibility index (Phi) is 7.72. The summed E-state index contributed by atoms with van der Waals surface area (Å²) in [6, 6.07) is 0.667. The molecule has 4 rings (SSSR count). The summed E-state index contributed by atoms with van der Waals surface area (Å²) in [4.78, 5) is 26.3. The van der Waals surface area contributed by atoms with Gasteiger partial charge in [-0.3, -0.25) is 4.79 Å². The highest BCUT2D eigenvalue weighted by molar-refractivity contribution is 14.2. The minimum absolute atomic E-state index is 0.155. The van der Waals surface area contributed by atoms with Gasteiger partial charge in [-0.15, -0.1) is 11.3 Å². The van der Waals surface area contributed by atoms with E-state index in [0.29, 0.717) is 12.5 Å². The minimum atomic E-state index is 0.155. The van der Waals surface area contributed by atoms with Gasteiger partial charge in [0, 0.05) is 17.3 Å². The van der Waals surface area contributed by atoms with Gasteiger partial charge in [0.05, 0.1) is 51.1 Å². The van der Waals surface area contributed by atoms with Crippen LogP contribution in [0.2, 0.25) is 0 Å². The van der Waals surface area contributed by atoms with Crippen LogP contribution in [0.3, 0.4) is 0 Å². The first-order chi connectivity index (χ1) is 14.5. The highest BCUT2D eigenvalue weighted by Gasteiger charge is 2.33. The molecule has 1 atom stereocenters. The number of amides is 1. The first-order valence-corrected chi connectivity index (χ1v) is 13.5. The van der Waals surface area contributed by atoms with Crippen molar-refractivity contribution in [1.29, 1.82) is 0 Å². The zero-order chi connectivity index (χ0) is 21.3. The van der Waals surface area contributed by atoms with E-state index in [1.807, 2.05) is 45.7 Å². The molecule has 2 aromatic heterocycles. The van der Waals surface area contributed by atoms with Gasteiger partial charge in [-0.2, -0.15) is 0 Å². The summed E-state index contributed by atoms with van der Waals surface area (Å²) in [7, 11) is 2.24. The van der Waals surface area contributed by atoms with Crippen molar-refractivity contribution in [3.05, 3.63) is 16.8 Å². The third kappa shape index (κ3) is 4.88. The Hall–Kier alpha value is -0.270. The third-order valence-corrected chi connectivity index (χ3v) is 8.68. The molecule has 164 valence electrons. The number of fused-ring (bicyclic) bond motifs is 3. The maximum atomic E-state index is 12.3. The SMILES string of the molecule is CCCN(C)[C@H]1CC[C@H](Oc2ncnc3sc4c(c23)[C@@H](CC(=O)N(I)I)CC4)CC1. The second-order valence-corrected chi connectivity index (χ2v) is 13.3. The topological polar surface area (TPSA) is 58.6 Å². The molecule has 0 saturated heterocycles. The Morgan fingerprint density at radius 1 is 1.23 bits per heavy atom. The lowest BCUT2D eigenvalue weighted by Gasteiger charge is -2.34. The molecular weight excluding hydrogens is 626 g/mol. The molecule has 30 heavy (non-hydrogen) atoms. The van der Waals surface area contributed by atoms with Gasteiger partial charge < -0.3 is 9.64 Å². The number of thiophene rings is 1. The third-order valence-electron chi connectivity index (χ3n) is 6.43. The van der Waals surface area contributed by atoms with Gasteiger partial charge in [0.2, 0.25) is 11.8 Å². The molecule has 2 aliphatic rings. The van der Waals surface area contributed by atoms with Crippen molar-refractivity contribution in [2.24, 2.45) is 0 Å². The smallest absolute Gasteiger partial charge is 0.240 e. The number of aryl methyl sites for hydroxylation is 1. The Morgan fingerprint density at radius 2 is 2.00 bits per heavy atom. The summed E-state index contributed by atoms with van der Waals surface area (Å²) in [6.07, 6.45) is 10.1. The van der Waals surface area contributed by atoms with Crippen LogP contribution in [0.4, 0.5) is 0 Å². The molecule has 0 aromatic carbocycles. The zero-order valence-electron chi connectivity index (χ0n) is 17.4. The Balaban J connectivity index is 1.51. The molecule has 2 aliphatic carbocycles. The molecule has 0 unspecified atom stereocenters. The lowest BCUT2D eigenvalue weighted by molar-refractivity contribution is -0.121. The molecule has 1 fully saturated rings. The van der Waals surface area contributed by atoms with Crippen LogP contribution >= 0.6 is 57.1 Å². The van der Waals surface area contributed by atoms with Gasteiger partial charge in [-0.05, 0) is 70.0 Å². The van der Waals surface area contributed by atoms with Crippen LogP contribution < -0.4 is 4.74 Å². The molecule has 0 N–H and O–H groups in total. The zero-order valence-corrected chi connectivity index (χ0v) is 22.6. The second-order valence-electron chi connectivity index (χ2n) is 8.39. The van der Waals surface area contributed by atoms with Gasteiger partial charge >= 0.3 is 0 Å². The largest absolute Gasteiger partial charge is 0.474 e. The molecular formula is C21H28I2N4O2S. The summed E-state index contributed by atoms with van der Waals surface area (Å²) in [5.41, 5.74) is 1.27. The molecule has 1 amide bonds. The normalized spacial score (nSPS) is 23.7. The fourth-order valence-electron chi connectivity index (χ4n) is 4.91. The molecule has 2 heterocycles. The first-order valence-electron chi connectivity index (χ1n) is 10.8. The van der Waals surface area contributed by atoms with E-state index in [4.69, 9.17) is 4.74 Å². The van der Waals surface area contributed by atoms with E-state index in [1.165, 1.54) is 29.7 Å². The first kappa shape index (κ1) is 22.9. The molecule has 2 aromatic rings. The molecule has 0 aliphatic heterocycles. The molecule has 0 spiro atoms. The lowest BCUT2D eigenvalue weighted by Crippen LogP contribution is -2.38. The average molecular weight is 654 g/mol. The van der Waals surface area contributed by atoms with Crippen LogP contribution in [0, 0.1) is 0 Å². The van der Waals surface area contributed by atoms with Crippen LogP contribution in [0.25, 0.3) is 10.2 Å². The van der Waals surface area contributed by atoms with Gasteiger partial charge in [-0.1, -0.05) is 6.92 Å². The number of hydrogen-bond acceptors (Lipinski definition) is 6. The predicted molar refractivity (Wildman–Crippen MR) is 138 cm³/mol. The van der Waals surface area contributed by atoms with Crippen LogP contribution in [-0.4, -0.2) is 47.8 Å². The fraction of sp³-hybridized carbons (Fsp3) is 0.667. The number of rotatable bonds is 7. The van der Waals surface area contributed by atoms with Crippen molar-refractivity contribution < 1.29 is 9.53 Å². The van der Waals surface area contributed by atoms with Gasteiger partial charge in [0.25, 0.3) is 0 Å². The van der Waals surface area contributed by atoms with Crippen molar-refractivity contribution in [3.63, 3.8) is 0 Å². The fourth-order valence-corrected chi connectivity index (χ4v) is 6.54. The maximum Gasteiger partial charge on any atom is 0.240 e. The summed E-state index contributed by atoms with van der Waals surface area (Å²) < 4.78 is 8.11. The molecule has 6 nitrogen and oxygen atoms in total. The van der Waals surface area contributed by atoms with E-state index in [-0.39, 0.29) is 17.9 Å². The summed E-state index contributed by atoms with van der Waals surface area (Å²) in [5.74, 6) is 1.12. The number of halogens is 2. The number of hydrogen-bond donors (Lipinski definition) is 0. The van der Waals surface area contributed by atoms with Crippen molar-refractivity contribution in [2.45, 2.75) is 76.4 Å². The number of carbonyl (C=O) groups is 1. The van der Waals surface area contributed by atoms with E-state index >= 15 is 0 Å². The van der Waals surface area contributed by atoms with E-state index in [1.54, 1.807) is 19.0 Å². The van der Waals surface area contributed by atoms with E-state index in [9.17, 15) is 4.79 Å². The average Bonchev–Trinajstić information content (AvgIpc) is 3.28. The second kappa shape index (κ2) is 10.1. The molecule has 0 bridgehead atoms. The summed E-state index contributed by atoms with van der Waals surface area (Å²) in [5, 5.41) is 1.06. The standard InChI is InChI=1S/C21H28I2N4O2S/c1-3-10-26(2)14-5-7-15(8-6-14)29-20-19-18-13(11-17(28)27(22)23)4-9-16(18)30-21(19)25-12-24-20/h12-15H,3-11H2,1-2H3/t13-,14-,15-/m1/s1. The number of nitrogens with zero attached hydrogens (tertiary/aromatic N) is 4. The van der Waals surface area contributed by atoms with Gasteiger partial charge in [0.1, 0.15) is 17.3 Å². The van der Waals surface area contributed by atoms with Crippen molar-refractivity contribution in [2.75, 3.05) is 13.6 Å². The van der Waals surface area contributed by atoms with E-state index in [0.717, 1.165) is 48.3 Å². The summed E-state index contributed by atoms with van der Waals surface area (Å²) in [6.45, 7) is 3.40. The van der Waals surface area contributed by atoms with Crippen LogP contribution in [0.1, 0.15) is 68.2 Å². The monoisotopic (exact) mass is 654 g/mol. The molecule has 1 saturated carbocycles. The minimum Gasteiger partial charge on any atom is -0.474 e. The molecule has 0 radical (unpaired) electrons. The Bertz CT molecular complexity index is 899. The highest BCUT2D eigenvalue weighted by Crippen LogP contribution is 2.47. The van der Waals surface area contributed by atoms with Gasteiger partial charge in [-0.25, -0.2) is 11.3 Å². The number of ether oxygens (including phenoxy) is 1. The predicted octanol–water partition coefficient (Wildman–Crippen LogP) is 5.67. The van der Waals surface area contributed by atoms with Crippen LogP contribution in [0.5, 0.6) is 5.88 Å². The van der Waals surface area contributed by atoms with E-state index < -0.39 is 0 Å². The maximum absolute atomic E-state index is 12.3.